The van der Waals surface area contributed by atoms with Crippen LogP contribution >= 0.6 is 0 Å². The van der Waals surface area contributed by atoms with Crippen molar-refractivity contribution >= 4 is 43.6 Å². The summed E-state index contributed by atoms with van der Waals surface area (Å²) in [6, 6.07) is 22.9. The van der Waals surface area contributed by atoms with Gasteiger partial charge in [0.2, 0.25) is 0 Å². The number of aromatic nitrogens is 4. The molecule has 0 radical (unpaired) electrons. The van der Waals surface area contributed by atoms with Crippen LogP contribution in [0, 0.1) is 41.5 Å². The normalized spacial score (nSPS) is 10.9. The second-order valence-electron chi connectivity index (χ2n) is 10.2. The average Bonchev–Trinajstić information content (AvgIpc) is 2.92. The van der Waals surface area contributed by atoms with Crippen LogP contribution in [0.5, 0.6) is 11.5 Å². The minimum Gasteiger partial charge on any atom is -0.507 e. The van der Waals surface area contributed by atoms with Crippen molar-refractivity contribution in [1.82, 2.24) is 19.9 Å². The lowest BCUT2D eigenvalue weighted by molar-refractivity contribution is 0.485. The molecule has 0 spiro atoms. The monoisotopic (exact) mass is 528 g/mol. The second-order valence-corrected chi connectivity index (χ2v) is 10.2. The summed E-state index contributed by atoms with van der Waals surface area (Å²) in [6.07, 6.45) is 0. The van der Waals surface area contributed by atoms with Crippen LogP contribution in [0.1, 0.15) is 33.9 Å². The summed E-state index contributed by atoms with van der Waals surface area (Å²) in [4.78, 5) is 19.5. The van der Waals surface area contributed by atoms with Crippen LogP contribution in [0.3, 0.4) is 0 Å². The SMILES string of the molecule is Cc1cc2c(C)nc3ccccc3nc(C)c3cc(C)cc(c(C)nc4ccccc4nc(C)c(c1)c2O)c3O. The largest absolute Gasteiger partial charge is 0.507 e. The fourth-order valence-electron chi connectivity index (χ4n) is 4.93. The molecule has 5 aromatic rings. The lowest BCUT2D eigenvalue weighted by Gasteiger charge is -2.07. The number of phenolic OH excluding ortho intramolecular Hbond substituents is 2. The summed E-state index contributed by atoms with van der Waals surface area (Å²) < 4.78 is 0. The van der Waals surface area contributed by atoms with Gasteiger partial charge in [0, 0.05) is 44.3 Å². The van der Waals surface area contributed by atoms with Crippen LogP contribution in [0.25, 0.3) is 43.6 Å². The molecule has 0 amide bonds. The van der Waals surface area contributed by atoms with E-state index in [1.165, 1.54) is 0 Å². The zero-order valence-corrected chi connectivity index (χ0v) is 23.6. The Labute approximate surface area is 233 Å². The minimum absolute atomic E-state index is 0.124. The Morgan fingerprint density at radius 2 is 0.625 bits per heavy atom. The summed E-state index contributed by atoms with van der Waals surface area (Å²) in [7, 11) is 0. The van der Waals surface area contributed by atoms with E-state index in [4.69, 9.17) is 19.9 Å². The minimum atomic E-state index is 0.124. The molecule has 4 bridgehead atoms. The summed E-state index contributed by atoms with van der Waals surface area (Å²) in [5.74, 6) is 0.248. The van der Waals surface area contributed by atoms with E-state index in [2.05, 4.69) is 0 Å². The van der Waals surface area contributed by atoms with Gasteiger partial charge in [-0.15, -0.1) is 0 Å². The number of aryl methyl sites for hydroxylation is 6. The second kappa shape index (κ2) is 10.7. The molecule has 0 fully saturated rings. The molecule has 6 heteroatoms. The first-order valence-electron chi connectivity index (χ1n) is 13.2. The van der Waals surface area contributed by atoms with E-state index < -0.39 is 0 Å². The van der Waals surface area contributed by atoms with Gasteiger partial charge in [0.05, 0.1) is 22.1 Å². The third kappa shape index (κ3) is 5.21. The topological polar surface area (TPSA) is 92.0 Å². The van der Waals surface area contributed by atoms with Crippen molar-refractivity contribution in [3.8, 4) is 11.5 Å². The molecule has 4 aromatic carbocycles. The molecule has 0 aliphatic heterocycles. The maximum atomic E-state index is 11.4. The maximum Gasteiger partial charge on any atom is 0.133 e. The summed E-state index contributed by atoms with van der Waals surface area (Å²) in [6.45, 7) is 11.5. The highest BCUT2D eigenvalue weighted by molar-refractivity contribution is 5.87. The van der Waals surface area contributed by atoms with Gasteiger partial charge in [0.15, 0.2) is 0 Å². The predicted molar refractivity (Wildman–Crippen MR) is 163 cm³/mol. The van der Waals surface area contributed by atoms with Gasteiger partial charge in [0.25, 0.3) is 0 Å². The molecule has 1 heterocycles. The first-order valence-corrected chi connectivity index (χ1v) is 13.2. The predicted octanol–water partition coefficient (Wildman–Crippen LogP) is 7.95. The maximum absolute atomic E-state index is 11.4. The van der Waals surface area contributed by atoms with E-state index in [-0.39, 0.29) is 11.5 Å². The van der Waals surface area contributed by atoms with Gasteiger partial charge in [-0.05, 0) is 101 Å². The van der Waals surface area contributed by atoms with Gasteiger partial charge < -0.3 is 10.2 Å². The van der Waals surface area contributed by atoms with E-state index in [1.807, 2.05) is 114 Å². The van der Waals surface area contributed by atoms with Crippen molar-refractivity contribution in [1.29, 1.82) is 0 Å². The van der Waals surface area contributed by atoms with Crippen molar-refractivity contribution in [3.05, 3.63) is 107 Å². The molecule has 200 valence electrons. The number of nitrogens with zero attached hydrogens (tertiary/aromatic N) is 4. The molecule has 0 saturated heterocycles. The Morgan fingerprint density at radius 3 is 0.850 bits per heavy atom. The van der Waals surface area contributed by atoms with Gasteiger partial charge in [-0.25, -0.2) is 0 Å². The number of benzene rings is 4. The average molecular weight is 529 g/mol. The Bertz CT molecular complexity index is 1720. The summed E-state index contributed by atoms with van der Waals surface area (Å²) in [5.41, 5.74) is 7.20. The lowest BCUT2D eigenvalue weighted by atomic mass is 10.1. The quantitative estimate of drug-likeness (QED) is 0.212. The van der Waals surface area contributed by atoms with Gasteiger partial charge >= 0.3 is 0 Å². The van der Waals surface area contributed by atoms with Crippen LogP contribution in [-0.2, 0) is 0 Å². The number of hydrogen-bond donors (Lipinski definition) is 2. The zero-order valence-electron chi connectivity index (χ0n) is 23.6. The molecule has 5 rings (SSSR count). The Morgan fingerprint density at radius 1 is 0.400 bits per heavy atom. The standard InChI is InChI=1S/C34H32N4O2/c1-19-15-25-21(3)35-29-11-7-9-13-31(29)37-23(5)27-17-20(2)18-28(34(27)40)24(6)38-32-14-10-8-12-30(32)36-22(4)26(16-19)33(25)39/h7-18,39-40H,1-6H3. The van der Waals surface area contributed by atoms with Crippen LogP contribution in [0.15, 0.2) is 72.8 Å². The first kappa shape index (κ1) is 26.8. The zero-order chi connectivity index (χ0) is 28.6. The number of aromatic hydroxyl groups is 2. The van der Waals surface area contributed by atoms with Crippen LogP contribution in [0.2, 0.25) is 0 Å². The Kier molecular flexibility index (Phi) is 7.18. The van der Waals surface area contributed by atoms with E-state index in [1.54, 1.807) is 0 Å². The number of hydrogen-bond acceptors (Lipinski definition) is 6. The molecular formula is C34H32N4O2. The number of para-hydroxylation sites is 4. The molecule has 0 unspecified atom stereocenters. The van der Waals surface area contributed by atoms with Crippen molar-refractivity contribution in [2.24, 2.45) is 0 Å². The Balaban J connectivity index is 2.10. The third-order valence-electron chi connectivity index (χ3n) is 6.98. The smallest absolute Gasteiger partial charge is 0.133 e. The molecular weight excluding hydrogens is 496 g/mol. The number of fused-ring (bicyclic) bond motifs is 6. The van der Waals surface area contributed by atoms with Crippen LogP contribution in [-0.4, -0.2) is 30.1 Å². The van der Waals surface area contributed by atoms with Crippen molar-refractivity contribution in [2.45, 2.75) is 41.5 Å². The van der Waals surface area contributed by atoms with E-state index in [0.717, 1.165) is 11.1 Å². The Hall–Kier alpha value is -4.84. The van der Waals surface area contributed by atoms with Crippen molar-refractivity contribution < 1.29 is 10.2 Å². The fourth-order valence-corrected chi connectivity index (χ4v) is 4.93. The highest BCUT2D eigenvalue weighted by Gasteiger charge is 2.09. The lowest BCUT2D eigenvalue weighted by Crippen LogP contribution is -1.89. The van der Waals surface area contributed by atoms with Crippen molar-refractivity contribution in [3.63, 3.8) is 0 Å². The van der Waals surface area contributed by atoms with Gasteiger partial charge in [-0.1, -0.05) is 24.3 Å². The molecule has 0 aliphatic carbocycles. The molecule has 0 saturated carbocycles. The van der Waals surface area contributed by atoms with Gasteiger partial charge in [0.1, 0.15) is 11.5 Å². The third-order valence-corrected chi connectivity index (χ3v) is 6.98. The first-order chi connectivity index (χ1) is 19.1. The van der Waals surface area contributed by atoms with Crippen LogP contribution in [0.4, 0.5) is 0 Å². The van der Waals surface area contributed by atoms with Gasteiger partial charge in [-0.3, -0.25) is 19.9 Å². The fraction of sp³-hybridized carbons (Fsp3) is 0.176. The van der Waals surface area contributed by atoms with E-state index in [0.29, 0.717) is 66.4 Å². The van der Waals surface area contributed by atoms with Gasteiger partial charge in [-0.2, -0.15) is 0 Å². The molecule has 6 nitrogen and oxygen atoms in total. The molecule has 0 aliphatic rings. The highest BCUT2D eigenvalue weighted by Crippen LogP contribution is 2.31. The number of phenols is 2. The van der Waals surface area contributed by atoms with E-state index >= 15 is 0 Å². The van der Waals surface area contributed by atoms with Crippen molar-refractivity contribution in [2.75, 3.05) is 0 Å². The molecule has 2 N–H and O–H groups in total. The molecule has 40 heavy (non-hydrogen) atoms. The molecule has 0 atom stereocenters. The number of rotatable bonds is 0. The summed E-state index contributed by atoms with van der Waals surface area (Å²) in [5, 5.41) is 25.3. The molecule has 1 aromatic heterocycles. The van der Waals surface area contributed by atoms with E-state index in [9.17, 15) is 10.2 Å². The summed E-state index contributed by atoms with van der Waals surface area (Å²) >= 11 is 0. The van der Waals surface area contributed by atoms with Crippen LogP contribution < -0.4 is 0 Å². The highest BCUT2D eigenvalue weighted by atomic mass is 16.3.